The lowest BCUT2D eigenvalue weighted by molar-refractivity contribution is -0.169. The Kier molecular flexibility index (Phi) is 3.10. The lowest BCUT2D eigenvalue weighted by Crippen LogP contribution is -2.58. The summed E-state index contributed by atoms with van der Waals surface area (Å²) in [5, 5.41) is 0. The largest absolute Gasteiger partial charge is 0.466 e. The second-order valence-corrected chi connectivity index (χ2v) is 4.91. The molecule has 2 fully saturated rings. The van der Waals surface area contributed by atoms with Crippen molar-refractivity contribution in [2.45, 2.75) is 44.8 Å². The van der Waals surface area contributed by atoms with Crippen molar-refractivity contribution >= 4 is 11.9 Å². The third-order valence-corrected chi connectivity index (χ3v) is 4.05. The summed E-state index contributed by atoms with van der Waals surface area (Å²) in [6, 6.07) is -0.193. The number of nitrogens with zero attached hydrogens (tertiary/aromatic N) is 1. The molecule has 0 radical (unpaired) electrons. The Balaban J connectivity index is 2.30. The molecule has 3 atom stereocenters. The van der Waals surface area contributed by atoms with E-state index >= 15 is 0 Å². The summed E-state index contributed by atoms with van der Waals surface area (Å²) in [5.74, 6) is -0.846. The third-order valence-electron chi connectivity index (χ3n) is 4.05. The maximum atomic E-state index is 13.7. The van der Waals surface area contributed by atoms with Gasteiger partial charge in [0, 0.05) is 19.5 Å². The maximum absolute atomic E-state index is 13.7. The van der Waals surface area contributed by atoms with Gasteiger partial charge in [0.2, 0.25) is 0 Å². The van der Waals surface area contributed by atoms with Crippen LogP contribution >= 0.6 is 0 Å². The first kappa shape index (κ1) is 12.3. The van der Waals surface area contributed by atoms with Gasteiger partial charge < -0.3 is 9.64 Å². The Morgan fingerprint density at radius 3 is 3.00 bits per heavy atom. The molecule has 5 heteroatoms. The van der Waals surface area contributed by atoms with Gasteiger partial charge in [-0.3, -0.25) is 9.59 Å². The van der Waals surface area contributed by atoms with Crippen molar-refractivity contribution in [2.75, 3.05) is 13.7 Å². The van der Waals surface area contributed by atoms with E-state index in [9.17, 15) is 14.0 Å². The SMILES string of the molecule is CCOC(=O)[C@]12CCC[C@H]1N(C)C(=O)[C@H](F)C2. The van der Waals surface area contributed by atoms with Gasteiger partial charge >= 0.3 is 5.97 Å². The number of piperidine rings is 1. The van der Waals surface area contributed by atoms with E-state index in [1.54, 1.807) is 14.0 Å². The average Bonchev–Trinajstić information content (AvgIpc) is 2.71. The lowest BCUT2D eigenvalue weighted by atomic mass is 9.74. The fraction of sp³-hybridized carbons (Fsp3) is 0.833. The highest BCUT2D eigenvalue weighted by Crippen LogP contribution is 2.49. The molecule has 0 aromatic rings. The number of amides is 1. The molecule has 0 bridgehead atoms. The fourth-order valence-electron chi connectivity index (χ4n) is 3.23. The van der Waals surface area contributed by atoms with Crippen LogP contribution in [-0.2, 0) is 14.3 Å². The predicted molar refractivity (Wildman–Crippen MR) is 59.0 cm³/mol. The molecule has 0 N–H and O–H groups in total. The van der Waals surface area contributed by atoms with Crippen molar-refractivity contribution in [3.63, 3.8) is 0 Å². The van der Waals surface area contributed by atoms with Crippen LogP contribution in [-0.4, -0.2) is 42.6 Å². The molecule has 0 aromatic heterocycles. The van der Waals surface area contributed by atoms with Gasteiger partial charge in [-0.15, -0.1) is 0 Å². The normalized spacial score (nSPS) is 36.9. The van der Waals surface area contributed by atoms with Crippen molar-refractivity contribution in [3.05, 3.63) is 0 Å². The molecule has 1 saturated heterocycles. The summed E-state index contributed by atoms with van der Waals surface area (Å²) < 4.78 is 18.8. The van der Waals surface area contributed by atoms with E-state index in [4.69, 9.17) is 4.74 Å². The van der Waals surface area contributed by atoms with Crippen LogP contribution < -0.4 is 0 Å². The summed E-state index contributed by atoms with van der Waals surface area (Å²) >= 11 is 0. The summed E-state index contributed by atoms with van der Waals surface area (Å²) in [7, 11) is 1.58. The number of carbonyl (C=O) groups is 2. The molecule has 1 aliphatic carbocycles. The molecule has 17 heavy (non-hydrogen) atoms. The Labute approximate surface area is 100 Å². The molecular formula is C12H18FNO3. The van der Waals surface area contributed by atoms with Crippen molar-refractivity contribution in [1.29, 1.82) is 0 Å². The van der Waals surface area contributed by atoms with Gasteiger partial charge in [-0.05, 0) is 19.8 Å². The standard InChI is InChI=1S/C12H18FNO3/c1-3-17-11(16)12-6-4-5-9(12)14(2)10(15)8(13)7-12/h8-9H,3-7H2,1-2H3/t8-,9-,12+/m1/s1. The minimum Gasteiger partial charge on any atom is -0.466 e. The number of hydrogen-bond acceptors (Lipinski definition) is 3. The predicted octanol–water partition coefficient (Wildman–Crippen LogP) is 1.29. The molecule has 2 rings (SSSR count). The molecular weight excluding hydrogens is 225 g/mol. The fourth-order valence-corrected chi connectivity index (χ4v) is 3.23. The van der Waals surface area contributed by atoms with Gasteiger partial charge in [-0.1, -0.05) is 6.42 Å². The van der Waals surface area contributed by atoms with Gasteiger partial charge in [-0.25, -0.2) is 4.39 Å². The van der Waals surface area contributed by atoms with Crippen molar-refractivity contribution in [1.82, 2.24) is 4.90 Å². The summed E-state index contributed by atoms with van der Waals surface area (Å²) in [6.45, 7) is 2.03. The van der Waals surface area contributed by atoms with Gasteiger partial charge in [0.15, 0.2) is 6.17 Å². The number of ether oxygens (including phenoxy) is 1. The minimum absolute atomic E-state index is 0.0142. The van der Waals surface area contributed by atoms with E-state index in [0.29, 0.717) is 13.0 Å². The molecule has 1 heterocycles. The first-order valence-electron chi connectivity index (χ1n) is 6.11. The number of carbonyl (C=O) groups excluding carboxylic acids is 2. The molecule has 0 unspecified atom stereocenters. The molecule has 96 valence electrons. The zero-order chi connectivity index (χ0) is 12.6. The van der Waals surface area contributed by atoms with E-state index in [2.05, 4.69) is 0 Å². The van der Waals surface area contributed by atoms with Crippen LogP contribution in [0.15, 0.2) is 0 Å². The second kappa shape index (κ2) is 4.27. The van der Waals surface area contributed by atoms with Crippen LogP contribution in [0.1, 0.15) is 32.6 Å². The highest BCUT2D eigenvalue weighted by Gasteiger charge is 2.58. The summed E-state index contributed by atoms with van der Waals surface area (Å²) in [5.41, 5.74) is -0.807. The van der Waals surface area contributed by atoms with E-state index in [0.717, 1.165) is 12.8 Å². The number of halogens is 1. The third kappa shape index (κ3) is 1.72. The smallest absolute Gasteiger partial charge is 0.314 e. The van der Waals surface area contributed by atoms with Crippen LogP contribution in [0.3, 0.4) is 0 Å². The zero-order valence-corrected chi connectivity index (χ0v) is 10.2. The van der Waals surface area contributed by atoms with Crippen LogP contribution in [0.25, 0.3) is 0 Å². The van der Waals surface area contributed by atoms with E-state index in [-0.39, 0.29) is 18.4 Å². The van der Waals surface area contributed by atoms with Crippen LogP contribution in [0, 0.1) is 5.41 Å². The highest BCUT2D eigenvalue weighted by atomic mass is 19.1. The van der Waals surface area contributed by atoms with Gasteiger partial charge in [0.25, 0.3) is 5.91 Å². The van der Waals surface area contributed by atoms with E-state index in [1.165, 1.54) is 4.90 Å². The molecule has 0 spiro atoms. The van der Waals surface area contributed by atoms with E-state index < -0.39 is 17.5 Å². The quantitative estimate of drug-likeness (QED) is 0.686. The van der Waals surface area contributed by atoms with Crippen molar-refractivity contribution in [2.24, 2.45) is 5.41 Å². The van der Waals surface area contributed by atoms with Crippen LogP contribution in [0.5, 0.6) is 0 Å². The minimum atomic E-state index is -1.57. The molecule has 2 aliphatic rings. The average molecular weight is 243 g/mol. The topological polar surface area (TPSA) is 46.6 Å². The monoisotopic (exact) mass is 243 g/mol. The second-order valence-electron chi connectivity index (χ2n) is 4.91. The highest BCUT2D eigenvalue weighted by molar-refractivity contribution is 5.87. The Morgan fingerprint density at radius 2 is 2.35 bits per heavy atom. The Morgan fingerprint density at radius 1 is 1.65 bits per heavy atom. The van der Waals surface area contributed by atoms with Crippen molar-refractivity contribution in [3.8, 4) is 0 Å². The summed E-state index contributed by atoms with van der Waals surface area (Å²) in [6.07, 6.45) is 0.634. The summed E-state index contributed by atoms with van der Waals surface area (Å²) in [4.78, 5) is 25.1. The van der Waals surface area contributed by atoms with Crippen LogP contribution in [0.4, 0.5) is 4.39 Å². The van der Waals surface area contributed by atoms with E-state index in [1.807, 2.05) is 0 Å². The maximum Gasteiger partial charge on any atom is 0.314 e. The molecule has 1 amide bonds. The molecule has 0 aromatic carbocycles. The first-order chi connectivity index (χ1) is 8.03. The number of likely N-dealkylation sites (tertiary alicyclic amines) is 1. The zero-order valence-electron chi connectivity index (χ0n) is 10.2. The number of esters is 1. The lowest BCUT2D eigenvalue weighted by Gasteiger charge is -2.43. The Hall–Kier alpha value is -1.13. The molecule has 1 aliphatic heterocycles. The number of fused-ring (bicyclic) bond motifs is 1. The van der Waals surface area contributed by atoms with Gasteiger partial charge in [0.1, 0.15) is 0 Å². The van der Waals surface area contributed by atoms with Gasteiger partial charge in [-0.2, -0.15) is 0 Å². The number of rotatable bonds is 2. The van der Waals surface area contributed by atoms with Crippen LogP contribution in [0.2, 0.25) is 0 Å². The van der Waals surface area contributed by atoms with Crippen molar-refractivity contribution < 1.29 is 18.7 Å². The van der Waals surface area contributed by atoms with Gasteiger partial charge in [0.05, 0.1) is 12.0 Å². The number of hydrogen-bond donors (Lipinski definition) is 0. The molecule has 1 saturated carbocycles. The Bertz CT molecular complexity index is 347. The molecule has 4 nitrogen and oxygen atoms in total. The first-order valence-corrected chi connectivity index (χ1v) is 6.11. The number of alkyl halides is 1.